The molecule has 0 radical (unpaired) electrons. The van der Waals surface area contributed by atoms with Gasteiger partial charge in [-0.3, -0.25) is 4.39 Å². The molecule has 0 amide bonds. The number of alkyl halides is 1. The Labute approximate surface area is 133 Å². The highest BCUT2D eigenvalue weighted by Crippen LogP contribution is 2.35. The van der Waals surface area contributed by atoms with Crippen LogP contribution in [0.4, 0.5) is 13.2 Å². The van der Waals surface area contributed by atoms with E-state index in [0.29, 0.717) is 5.92 Å². The van der Waals surface area contributed by atoms with Crippen molar-refractivity contribution in [2.24, 2.45) is 0 Å². The minimum Gasteiger partial charge on any atom is -0.251 e. The molecule has 4 heteroatoms. The average molecular weight is 328 g/mol. The first-order valence-electron chi connectivity index (χ1n) is 8.71. The van der Waals surface area contributed by atoms with Crippen LogP contribution in [-0.4, -0.2) is 15.5 Å². The summed E-state index contributed by atoms with van der Waals surface area (Å²) in [7, 11) is -0.611. The van der Waals surface area contributed by atoms with Crippen molar-refractivity contribution >= 4 is 8.80 Å². The topological polar surface area (TPSA) is 0 Å². The summed E-state index contributed by atoms with van der Waals surface area (Å²) in [5, 5.41) is 0. The third-order valence-corrected chi connectivity index (χ3v) is 8.53. The molecule has 1 saturated heterocycles. The lowest BCUT2D eigenvalue weighted by atomic mass is 9.93. The first-order valence-corrected chi connectivity index (χ1v) is 11.2. The highest BCUT2D eigenvalue weighted by molar-refractivity contribution is 6.59. The fourth-order valence-corrected chi connectivity index (χ4v) is 7.09. The smallest absolute Gasteiger partial charge is 0.159 e. The van der Waals surface area contributed by atoms with E-state index in [0.717, 1.165) is 31.2 Å². The van der Waals surface area contributed by atoms with Crippen LogP contribution in [0, 0.1) is 11.6 Å². The molecule has 22 heavy (non-hydrogen) atoms. The molecule has 0 aromatic heterocycles. The Morgan fingerprint density at radius 1 is 0.909 bits per heavy atom. The zero-order valence-electron chi connectivity index (χ0n) is 13.3. The highest BCUT2D eigenvalue weighted by atomic mass is 28.3. The van der Waals surface area contributed by atoms with Crippen molar-refractivity contribution in [3.05, 3.63) is 35.4 Å². The Morgan fingerprint density at radius 3 is 2.27 bits per heavy atom. The summed E-state index contributed by atoms with van der Waals surface area (Å²) in [6.07, 6.45) is 7.75. The van der Waals surface area contributed by atoms with E-state index < -0.39 is 20.4 Å². The van der Waals surface area contributed by atoms with E-state index in [9.17, 15) is 13.2 Å². The van der Waals surface area contributed by atoms with E-state index in [1.807, 2.05) is 0 Å². The minimum atomic E-state index is -0.750. The van der Waals surface area contributed by atoms with E-state index in [-0.39, 0.29) is 6.67 Å². The molecular formula is C18H27F3Si. The van der Waals surface area contributed by atoms with Crippen molar-refractivity contribution < 1.29 is 13.2 Å². The van der Waals surface area contributed by atoms with Gasteiger partial charge in [0, 0.05) is 8.80 Å². The van der Waals surface area contributed by atoms with Gasteiger partial charge in [-0.25, -0.2) is 8.78 Å². The molecule has 1 heterocycles. The third kappa shape index (κ3) is 5.45. The molecule has 1 fully saturated rings. The Morgan fingerprint density at radius 2 is 1.59 bits per heavy atom. The van der Waals surface area contributed by atoms with Gasteiger partial charge in [0.05, 0.1) is 6.67 Å². The van der Waals surface area contributed by atoms with Gasteiger partial charge in [-0.15, -0.1) is 0 Å². The molecule has 0 nitrogen and oxygen atoms in total. The van der Waals surface area contributed by atoms with Crippen molar-refractivity contribution in [3.63, 3.8) is 0 Å². The molecule has 0 unspecified atom stereocenters. The lowest BCUT2D eigenvalue weighted by molar-refractivity contribution is 0.452. The van der Waals surface area contributed by atoms with Crippen molar-refractivity contribution in [2.45, 2.75) is 69.0 Å². The Balaban J connectivity index is 1.66. The van der Waals surface area contributed by atoms with E-state index in [1.165, 1.54) is 49.5 Å². The van der Waals surface area contributed by atoms with Crippen LogP contribution in [0.2, 0.25) is 18.1 Å². The normalized spacial score (nSPS) is 22.0. The summed E-state index contributed by atoms with van der Waals surface area (Å²) in [5.41, 5.74) is 0.970. The molecule has 0 bridgehead atoms. The van der Waals surface area contributed by atoms with Crippen LogP contribution in [0.5, 0.6) is 0 Å². The van der Waals surface area contributed by atoms with Gasteiger partial charge in [0.15, 0.2) is 11.6 Å². The maximum absolute atomic E-state index is 13.3. The number of hydrogen-bond acceptors (Lipinski definition) is 0. The van der Waals surface area contributed by atoms with Gasteiger partial charge in [0.1, 0.15) is 0 Å². The van der Waals surface area contributed by atoms with E-state index in [2.05, 4.69) is 0 Å². The second kappa shape index (κ2) is 9.38. The van der Waals surface area contributed by atoms with Crippen molar-refractivity contribution in [2.75, 3.05) is 6.67 Å². The van der Waals surface area contributed by atoms with Crippen molar-refractivity contribution in [3.8, 4) is 0 Å². The predicted octanol–water partition coefficient (Wildman–Crippen LogP) is 5.99. The maximum Gasteiger partial charge on any atom is 0.159 e. The summed E-state index contributed by atoms with van der Waals surface area (Å²) in [5.74, 6) is -1.05. The van der Waals surface area contributed by atoms with Gasteiger partial charge in [0.25, 0.3) is 0 Å². The Kier molecular flexibility index (Phi) is 7.50. The van der Waals surface area contributed by atoms with Gasteiger partial charge in [-0.2, -0.15) is 0 Å². The Hall–Kier alpha value is -0.773. The second-order valence-electron chi connectivity index (χ2n) is 6.64. The number of unbranched alkanes of at least 4 members (excludes halogenated alkanes) is 4. The molecule has 0 aliphatic carbocycles. The average Bonchev–Trinajstić information content (AvgIpc) is 2.54. The van der Waals surface area contributed by atoms with Gasteiger partial charge in [-0.05, 0) is 42.9 Å². The molecule has 1 aromatic rings. The fourth-order valence-electron chi connectivity index (χ4n) is 3.61. The molecule has 1 aliphatic rings. The second-order valence-corrected chi connectivity index (χ2v) is 10.1. The van der Waals surface area contributed by atoms with Crippen LogP contribution in [0.15, 0.2) is 18.2 Å². The van der Waals surface area contributed by atoms with Crippen molar-refractivity contribution in [1.82, 2.24) is 0 Å². The van der Waals surface area contributed by atoms with Crippen LogP contribution in [0.25, 0.3) is 0 Å². The first kappa shape index (κ1) is 17.6. The summed E-state index contributed by atoms with van der Waals surface area (Å²) in [6.45, 7) is -0.178. The standard InChI is InChI=1S/C18H27F3Si/c19-10-4-2-1-3-5-11-22-12-8-15(9-13-22)16-6-7-17(20)18(21)14-16/h6-7,14-15,22H,1-5,8-13H2/t15-,22-. The SMILES string of the molecule is FCCCCCCC[Si@H]1CC[C@H](c2ccc(F)c(F)c2)CC1. The number of halogens is 3. The molecule has 124 valence electrons. The molecule has 1 aliphatic heterocycles. The van der Waals surface area contributed by atoms with Crippen LogP contribution >= 0.6 is 0 Å². The monoisotopic (exact) mass is 328 g/mol. The first-order chi connectivity index (χ1) is 10.7. The maximum atomic E-state index is 13.3. The van der Waals surface area contributed by atoms with Crippen LogP contribution in [0.3, 0.4) is 0 Å². The van der Waals surface area contributed by atoms with Gasteiger partial charge in [-0.1, -0.05) is 49.9 Å². The fraction of sp³-hybridized carbons (Fsp3) is 0.667. The molecule has 2 rings (SSSR count). The lowest BCUT2D eigenvalue weighted by Crippen LogP contribution is -2.20. The number of hydrogen-bond donors (Lipinski definition) is 0. The van der Waals surface area contributed by atoms with Crippen LogP contribution in [0.1, 0.15) is 56.4 Å². The largest absolute Gasteiger partial charge is 0.251 e. The molecule has 0 N–H and O–H groups in total. The summed E-state index contributed by atoms with van der Waals surface area (Å²) >= 11 is 0. The van der Waals surface area contributed by atoms with E-state index in [1.54, 1.807) is 6.07 Å². The number of rotatable bonds is 8. The molecule has 0 spiro atoms. The van der Waals surface area contributed by atoms with Gasteiger partial charge >= 0.3 is 0 Å². The summed E-state index contributed by atoms with van der Waals surface area (Å²) in [4.78, 5) is 0. The molecule has 0 atom stereocenters. The van der Waals surface area contributed by atoms with Crippen molar-refractivity contribution in [1.29, 1.82) is 0 Å². The van der Waals surface area contributed by atoms with Gasteiger partial charge < -0.3 is 0 Å². The summed E-state index contributed by atoms with van der Waals surface area (Å²) < 4.78 is 38.3. The quantitative estimate of drug-likeness (QED) is 0.406. The van der Waals surface area contributed by atoms with Crippen LogP contribution < -0.4 is 0 Å². The summed E-state index contributed by atoms with van der Waals surface area (Å²) in [6, 6.07) is 8.44. The zero-order valence-corrected chi connectivity index (χ0v) is 14.5. The third-order valence-electron chi connectivity index (χ3n) is 5.01. The number of benzene rings is 1. The lowest BCUT2D eigenvalue weighted by Gasteiger charge is -2.28. The van der Waals surface area contributed by atoms with E-state index in [4.69, 9.17) is 0 Å². The van der Waals surface area contributed by atoms with Crippen LogP contribution in [-0.2, 0) is 0 Å². The zero-order chi connectivity index (χ0) is 15.8. The van der Waals surface area contributed by atoms with Gasteiger partial charge in [0.2, 0.25) is 0 Å². The van der Waals surface area contributed by atoms with E-state index >= 15 is 0 Å². The molecular weight excluding hydrogens is 301 g/mol. The molecule has 0 saturated carbocycles. The molecule has 1 aromatic carbocycles. The minimum absolute atomic E-state index is 0.178. The Bertz CT molecular complexity index is 442. The highest BCUT2D eigenvalue weighted by Gasteiger charge is 2.23. The predicted molar refractivity (Wildman–Crippen MR) is 89.0 cm³/mol.